The molecule has 0 unspecified atom stereocenters. The molecule has 1 saturated heterocycles. The predicted octanol–water partition coefficient (Wildman–Crippen LogP) is 0.851. The SMILES string of the molecule is CNC(=O)[C@H](C)N1CCN(c2ccc([N+](=O)[O-])cc2)CC1. The van der Waals surface area contributed by atoms with Crippen molar-refractivity contribution in [3.05, 3.63) is 34.4 Å². The van der Waals surface area contributed by atoms with Crippen LogP contribution < -0.4 is 10.2 Å². The Balaban J connectivity index is 1.94. The third-order valence-corrected chi connectivity index (χ3v) is 3.91. The summed E-state index contributed by atoms with van der Waals surface area (Å²) in [7, 11) is 1.64. The lowest BCUT2D eigenvalue weighted by molar-refractivity contribution is -0.384. The summed E-state index contributed by atoms with van der Waals surface area (Å²) in [6.45, 7) is 5.11. The van der Waals surface area contributed by atoms with Gasteiger partial charge in [0.05, 0.1) is 11.0 Å². The van der Waals surface area contributed by atoms with E-state index in [9.17, 15) is 14.9 Å². The van der Waals surface area contributed by atoms with Gasteiger partial charge in [-0.25, -0.2) is 0 Å². The standard InChI is InChI=1S/C14H20N4O3/c1-11(14(19)15-2)16-7-9-17(10-8-16)12-3-5-13(6-4-12)18(20)21/h3-6,11H,7-10H2,1-2H3,(H,15,19)/t11-/m0/s1. The van der Waals surface area contributed by atoms with Crippen molar-refractivity contribution in [3.8, 4) is 0 Å². The Hall–Kier alpha value is -2.15. The number of non-ortho nitro benzene ring substituents is 1. The lowest BCUT2D eigenvalue weighted by atomic mass is 10.2. The van der Waals surface area contributed by atoms with E-state index < -0.39 is 4.92 Å². The number of carbonyl (C=O) groups is 1. The molecule has 114 valence electrons. The summed E-state index contributed by atoms with van der Waals surface area (Å²) in [4.78, 5) is 26.2. The number of nitrogens with one attached hydrogen (secondary N) is 1. The molecule has 1 aliphatic heterocycles. The molecule has 0 bridgehead atoms. The van der Waals surface area contributed by atoms with Gasteiger partial charge in [-0.2, -0.15) is 0 Å². The van der Waals surface area contributed by atoms with Crippen LogP contribution in [0, 0.1) is 10.1 Å². The van der Waals surface area contributed by atoms with Crippen LogP contribution in [0.15, 0.2) is 24.3 Å². The molecule has 0 radical (unpaired) electrons. The number of hydrogen-bond donors (Lipinski definition) is 1. The van der Waals surface area contributed by atoms with Gasteiger partial charge < -0.3 is 10.2 Å². The van der Waals surface area contributed by atoms with Crippen molar-refractivity contribution in [2.75, 3.05) is 38.1 Å². The zero-order valence-electron chi connectivity index (χ0n) is 12.3. The highest BCUT2D eigenvalue weighted by Gasteiger charge is 2.25. The second-order valence-corrected chi connectivity index (χ2v) is 5.09. The van der Waals surface area contributed by atoms with E-state index in [1.165, 1.54) is 12.1 Å². The number of anilines is 1. The Morgan fingerprint density at radius 2 is 1.81 bits per heavy atom. The van der Waals surface area contributed by atoms with Gasteiger partial charge in [-0.1, -0.05) is 0 Å². The molecule has 1 aromatic carbocycles. The van der Waals surface area contributed by atoms with Gasteiger partial charge in [-0.05, 0) is 19.1 Å². The molecular weight excluding hydrogens is 272 g/mol. The minimum Gasteiger partial charge on any atom is -0.369 e. The molecule has 0 aliphatic carbocycles. The molecule has 1 amide bonds. The van der Waals surface area contributed by atoms with E-state index in [1.54, 1.807) is 19.2 Å². The van der Waals surface area contributed by atoms with Crippen molar-refractivity contribution < 1.29 is 9.72 Å². The third kappa shape index (κ3) is 3.49. The Morgan fingerprint density at radius 3 is 2.29 bits per heavy atom. The minimum atomic E-state index is -0.396. The first-order chi connectivity index (χ1) is 10.0. The highest BCUT2D eigenvalue weighted by atomic mass is 16.6. The van der Waals surface area contributed by atoms with Crippen molar-refractivity contribution >= 4 is 17.3 Å². The lowest BCUT2D eigenvalue weighted by Gasteiger charge is -2.38. The lowest BCUT2D eigenvalue weighted by Crippen LogP contribution is -2.53. The second kappa shape index (κ2) is 6.53. The maximum Gasteiger partial charge on any atom is 0.269 e. The van der Waals surface area contributed by atoms with Gasteiger partial charge in [0.25, 0.3) is 5.69 Å². The zero-order valence-corrected chi connectivity index (χ0v) is 12.3. The molecule has 2 rings (SSSR count). The smallest absolute Gasteiger partial charge is 0.269 e. The molecule has 7 heteroatoms. The molecule has 0 aromatic heterocycles. The monoisotopic (exact) mass is 292 g/mol. The van der Waals surface area contributed by atoms with Crippen molar-refractivity contribution in [1.82, 2.24) is 10.2 Å². The van der Waals surface area contributed by atoms with Crippen LogP contribution in [0.4, 0.5) is 11.4 Å². The Kier molecular flexibility index (Phi) is 4.74. The molecule has 1 N–H and O–H groups in total. The van der Waals surface area contributed by atoms with Crippen molar-refractivity contribution in [2.45, 2.75) is 13.0 Å². The number of rotatable bonds is 4. The maximum atomic E-state index is 11.6. The number of carbonyl (C=O) groups excluding carboxylic acids is 1. The van der Waals surface area contributed by atoms with Crippen LogP contribution >= 0.6 is 0 Å². The van der Waals surface area contributed by atoms with Crippen LogP contribution in [-0.2, 0) is 4.79 Å². The fourth-order valence-corrected chi connectivity index (χ4v) is 2.53. The molecule has 0 saturated carbocycles. The first kappa shape index (κ1) is 15.2. The number of amides is 1. The largest absolute Gasteiger partial charge is 0.369 e. The molecule has 1 aliphatic rings. The first-order valence-electron chi connectivity index (χ1n) is 6.98. The van der Waals surface area contributed by atoms with Gasteiger partial charge >= 0.3 is 0 Å². The van der Waals surface area contributed by atoms with Gasteiger partial charge in [0.2, 0.25) is 5.91 Å². The van der Waals surface area contributed by atoms with E-state index >= 15 is 0 Å². The quantitative estimate of drug-likeness (QED) is 0.657. The third-order valence-electron chi connectivity index (χ3n) is 3.91. The Bertz CT molecular complexity index is 509. The van der Waals surface area contributed by atoms with E-state index in [-0.39, 0.29) is 17.6 Å². The summed E-state index contributed by atoms with van der Waals surface area (Å²) in [6.07, 6.45) is 0. The van der Waals surface area contributed by atoms with Crippen LogP contribution in [0.1, 0.15) is 6.92 Å². The van der Waals surface area contributed by atoms with Gasteiger partial charge in [0, 0.05) is 51.0 Å². The van der Waals surface area contributed by atoms with Crippen LogP contribution in [-0.4, -0.2) is 55.0 Å². The Labute approximate surface area is 123 Å². The number of hydrogen-bond acceptors (Lipinski definition) is 5. The number of benzene rings is 1. The fraction of sp³-hybridized carbons (Fsp3) is 0.500. The van der Waals surface area contributed by atoms with Crippen molar-refractivity contribution in [3.63, 3.8) is 0 Å². The van der Waals surface area contributed by atoms with E-state index in [4.69, 9.17) is 0 Å². The average Bonchev–Trinajstić information content (AvgIpc) is 2.53. The van der Waals surface area contributed by atoms with Crippen LogP contribution in [0.3, 0.4) is 0 Å². The van der Waals surface area contributed by atoms with E-state index in [1.807, 2.05) is 6.92 Å². The zero-order chi connectivity index (χ0) is 15.4. The topological polar surface area (TPSA) is 78.7 Å². The Morgan fingerprint density at radius 1 is 1.24 bits per heavy atom. The molecule has 1 fully saturated rings. The molecule has 1 atom stereocenters. The summed E-state index contributed by atoms with van der Waals surface area (Å²) >= 11 is 0. The average molecular weight is 292 g/mol. The number of likely N-dealkylation sites (N-methyl/N-ethyl adjacent to an activating group) is 1. The molecular formula is C14H20N4O3. The van der Waals surface area contributed by atoms with Crippen LogP contribution in [0.25, 0.3) is 0 Å². The van der Waals surface area contributed by atoms with Crippen molar-refractivity contribution in [2.24, 2.45) is 0 Å². The highest BCUT2D eigenvalue weighted by Crippen LogP contribution is 2.21. The number of nitro benzene ring substituents is 1. The minimum absolute atomic E-state index is 0.0267. The maximum absolute atomic E-state index is 11.6. The normalized spacial score (nSPS) is 17.3. The molecule has 21 heavy (non-hydrogen) atoms. The number of piperazine rings is 1. The number of nitro groups is 1. The van der Waals surface area contributed by atoms with Crippen LogP contribution in [0.5, 0.6) is 0 Å². The highest BCUT2D eigenvalue weighted by molar-refractivity contribution is 5.81. The van der Waals surface area contributed by atoms with Gasteiger partial charge in [-0.15, -0.1) is 0 Å². The summed E-state index contributed by atoms with van der Waals surface area (Å²) in [5.41, 5.74) is 1.08. The first-order valence-corrected chi connectivity index (χ1v) is 6.98. The summed E-state index contributed by atoms with van der Waals surface area (Å²) in [5.74, 6) is 0.0267. The molecule has 1 heterocycles. The molecule has 0 spiro atoms. The predicted molar refractivity (Wildman–Crippen MR) is 80.4 cm³/mol. The van der Waals surface area contributed by atoms with E-state index in [0.29, 0.717) is 0 Å². The molecule has 1 aromatic rings. The number of nitrogens with zero attached hydrogens (tertiary/aromatic N) is 3. The van der Waals surface area contributed by atoms with Crippen LogP contribution in [0.2, 0.25) is 0 Å². The van der Waals surface area contributed by atoms with E-state index in [0.717, 1.165) is 31.9 Å². The van der Waals surface area contributed by atoms with Gasteiger partial charge in [0.15, 0.2) is 0 Å². The fourth-order valence-electron chi connectivity index (χ4n) is 2.53. The second-order valence-electron chi connectivity index (χ2n) is 5.09. The summed E-state index contributed by atoms with van der Waals surface area (Å²) in [5, 5.41) is 13.3. The summed E-state index contributed by atoms with van der Waals surface area (Å²) < 4.78 is 0. The summed E-state index contributed by atoms with van der Waals surface area (Å²) in [6, 6.07) is 6.46. The van der Waals surface area contributed by atoms with Gasteiger partial charge in [-0.3, -0.25) is 19.8 Å². The van der Waals surface area contributed by atoms with Gasteiger partial charge in [0.1, 0.15) is 0 Å². The molecule has 7 nitrogen and oxygen atoms in total. The van der Waals surface area contributed by atoms with Crippen molar-refractivity contribution in [1.29, 1.82) is 0 Å². The van der Waals surface area contributed by atoms with E-state index in [2.05, 4.69) is 15.1 Å².